The van der Waals surface area contributed by atoms with Crippen molar-refractivity contribution in [2.24, 2.45) is 11.8 Å². The van der Waals surface area contributed by atoms with E-state index in [9.17, 15) is 0 Å². The van der Waals surface area contributed by atoms with E-state index in [2.05, 4.69) is 16.4 Å². The van der Waals surface area contributed by atoms with Crippen LogP contribution in [-0.2, 0) is 0 Å². The molecule has 3 unspecified atom stereocenters. The number of pyridine rings is 1. The molecule has 1 N–H and O–H groups in total. The van der Waals surface area contributed by atoms with Gasteiger partial charge in [0.2, 0.25) is 0 Å². The zero-order chi connectivity index (χ0) is 11.1. The summed E-state index contributed by atoms with van der Waals surface area (Å²) in [7, 11) is 0. The van der Waals surface area contributed by atoms with Gasteiger partial charge in [-0.1, -0.05) is 18.0 Å². The van der Waals surface area contributed by atoms with Gasteiger partial charge in [-0.25, -0.2) is 4.98 Å². The van der Waals surface area contributed by atoms with Crippen LogP contribution in [0.3, 0.4) is 0 Å². The zero-order valence-electron chi connectivity index (χ0n) is 9.54. The second-order valence-electron chi connectivity index (χ2n) is 5.26. The maximum Gasteiger partial charge on any atom is 0.132 e. The van der Waals surface area contributed by atoms with Gasteiger partial charge in [0.1, 0.15) is 5.15 Å². The van der Waals surface area contributed by atoms with E-state index >= 15 is 0 Å². The number of anilines is 1. The molecule has 2 bridgehead atoms. The topological polar surface area (TPSA) is 24.9 Å². The second-order valence-corrected chi connectivity index (χ2v) is 5.62. The van der Waals surface area contributed by atoms with E-state index in [1.165, 1.54) is 25.7 Å². The summed E-state index contributed by atoms with van der Waals surface area (Å²) in [5.74, 6) is 1.87. The van der Waals surface area contributed by atoms with Crippen molar-refractivity contribution < 1.29 is 0 Å². The van der Waals surface area contributed by atoms with E-state index in [0.29, 0.717) is 11.2 Å². The van der Waals surface area contributed by atoms with Gasteiger partial charge in [0, 0.05) is 6.04 Å². The number of nitrogens with zero attached hydrogens (tertiary/aromatic N) is 1. The highest BCUT2D eigenvalue weighted by molar-refractivity contribution is 6.30. The van der Waals surface area contributed by atoms with Crippen LogP contribution in [0.5, 0.6) is 0 Å². The molecule has 3 atom stereocenters. The summed E-state index contributed by atoms with van der Waals surface area (Å²) in [4.78, 5) is 4.19. The van der Waals surface area contributed by atoms with Crippen molar-refractivity contribution in [1.82, 2.24) is 4.98 Å². The van der Waals surface area contributed by atoms with Crippen LogP contribution in [0, 0.1) is 18.8 Å². The molecule has 0 spiro atoms. The van der Waals surface area contributed by atoms with Crippen LogP contribution in [-0.4, -0.2) is 11.0 Å². The van der Waals surface area contributed by atoms with Gasteiger partial charge in [0.25, 0.3) is 0 Å². The van der Waals surface area contributed by atoms with Gasteiger partial charge >= 0.3 is 0 Å². The highest BCUT2D eigenvalue weighted by atomic mass is 35.5. The summed E-state index contributed by atoms with van der Waals surface area (Å²) in [5, 5.41) is 4.23. The molecule has 1 aromatic rings. The van der Waals surface area contributed by atoms with E-state index in [0.717, 1.165) is 23.1 Å². The lowest BCUT2D eigenvalue weighted by molar-refractivity contribution is 0.439. The number of fused-ring (bicyclic) bond motifs is 2. The number of halogens is 1. The van der Waals surface area contributed by atoms with E-state index in [1.54, 1.807) is 0 Å². The minimum atomic E-state index is 0.610. The third kappa shape index (κ3) is 1.80. The lowest BCUT2D eigenvalue weighted by atomic mass is 9.95. The molecule has 2 saturated carbocycles. The van der Waals surface area contributed by atoms with Crippen LogP contribution in [0.1, 0.15) is 31.2 Å². The molecule has 1 aromatic heterocycles. The van der Waals surface area contributed by atoms with Gasteiger partial charge in [-0.3, -0.25) is 0 Å². The van der Waals surface area contributed by atoms with Gasteiger partial charge in [0.15, 0.2) is 0 Å². The van der Waals surface area contributed by atoms with Crippen molar-refractivity contribution in [2.45, 2.75) is 38.6 Å². The highest BCUT2D eigenvalue weighted by Crippen LogP contribution is 2.45. The molecule has 3 heteroatoms. The maximum absolute atomic E-state index is 5.92. The largest absolute Gasteiger partial charge is 0.381 e. The fourth-order valence-corrected chi connectivity index (χ4v) is 3.38. The SMILES string of the molecule is Cc1cc(NC2CC3CCC2C3)cnc1Cl. The van der Waals surface area contributed by atoms with Gasteiger partial charge in [-0.2, -0.15) is 0 Å². The molecule has 0 saturated heterocycles. The fourth-order valence-electron chi connectivity index (χ4n) is 3.27. The smallest absolute Gasteiger partial charge is 0.132 e. The molecular formula is C13H17ClN2. The van der Waals surface area contributed by atoms with Crippen molar-refractivity contribution in [3.8, 4) is 0 Å². The molecule has 0 radical (unpaired) electrons. The third-order valence-corrected chi connectivity index (χ3v) is 4.50. The predicted octanol–water partition coefficient (Wildman–Crippen LogP) is 3.64. The molecular weight excluding hydrogens is 220 g/mol. The predicted molar refractivity (Wildman–Crippen MR) is 66.8 cm³/mol. The molecule has 3 rings (SSSR count). The minimum absolute atomic E-state index is 0.610. The van der Waals surface area contributed by atoms with E-state index < -0.39 is 0 Å². The summed E-state index contributed by atoms with van der Waals surface area (Å²) >= 11 is 5.92. The minimum Gasteiger partial charge on any atom is -0.381 e. The summed E-state index contributed by atoms with van der Waals surface area (Å²) in [6.45, 7) is 2.00. The number of rotatable bonds is 2. The van der Waals surface area contributed by atoms with Crippen LogP contribution in [0.2, 0.25) is 5.15 Å². The number of aryl methyl sites for hydroxylation is 1. The maximum atomic E-state index is 5.92. The lowest BCUT2D eigenvalue weighted by Gasteiger charge is -2.24. The molecule has 0 aliphatic heterocycles. The first-order valence-corrected chi connectivity index (χ1v) is 6.49. The van der Waals surface area contributed by atoms with Crippen LogP contribution < -0.4 is 5.32 Å². The van der Waals surface area contributed by atoms with Crippen LogP contribution >= 0.6 is 11.6 Å². The Hall–Kier alpha value is -0.760. The Morgan fingerprint density at radius 2 is 2.25 bits per heavy atom. The monoisotopic (exact) mass is 236 g/mol. The number of hydrogen-bond donors (Lipinski definition) is 1. The fraction of sp³-hybridized carbons (Fsp3) is 0.615. The third-order valence-electron chi connectivity index (χ3n) is 4.10. The molecule has 0 amide bonds. The normalized spacial score (nSPS) is 32.0. The first-order valence-electron chi connectivity index (χ1n) is 6.11. The molecule has 0 aromatic carbocycles. The van der Waals surface area contributed by atoms with Gasteiger partial charge in [0.05, 0.1) is 11.9 Å². The molecule has 1 heterocycles. The van der Waals surface area contributed by atoms with E-state index in [4.69, 9.17) is 11.6 Å². The van der Waals surface area contributed by atoms with E-state index in [-0.39, 0.29) is 0 Å². The Morgan fingerprint density at radius 1 is 1.38 bits per heavy atom. The van der Waals surface area contributed by atoms with Gasteiger partial charge in [-0.15, -0.1) is 0 Å². The summed E-state index contributed by atoms with van der Waals surface area (Å²) < 4.78 is 0. The number of hydrogen-bond acceptors (Lipinski definition) is 2. The molecule has 2 aliphatic carbocycles. The quantitative estimate of drug-likeness (QED) is 0.793. The Labute approximate surface area is 101 Å². The van der Waals surface area contributed by atoms with Crippen molar-refractivity contribution in [2.75, 3.05) is 5.32 Å². The van der Waals surface area contributed by atoms with Gasteiger partial charge < -0.3 is 5.32 Å². The van der Waals surface area contributed by atoms with Crippen LogP contribution in [0.4, 0.5) is 5.69 Å². The van der Waals surface area contributed by atoms with Crippen LogP contribution in [0.25, 0.3) is 0 Å². The van der Waals surface area contributed by atoms with E-state index in [1.807, 2.05) is 13.1 Å². The van der Waals surface area contributed by atoms with Crippen molar-refractivity contribution in [3.63, 3.8) is 0 Å². The Kier molecular flexibility index (Phi) is 2.55. The molecule has 2 aliphatic rings. The summed E-state index contributed by atoms with van der Waals surface area (Å²) in [6.07, 6.45) is 7.47. The molecule has 16 heavy (non-hydrogen) atoms. The summed E-state index contributed by atoms with van der Waals surface area (Å²) in [5.41, 5.74) is 2.18. The Bertz CT molecular complexity index is 405. The number of aromatic nitrogens is 1. The zero-order valence-corrected chi connectivity index (χ0v) is 10.3. The molecule has 2 nitrogen and oxygen atoms in total. The lowest BCUT2D eigenvalue weighted by Crippen LogP contribution is -2.25. The average molecular weight is 237 g/mol. The first-order chi connectivity index (χ1) is 7.72. The molecule has 86 valence electrons. The van der Waals surface area contributed by atoms with Crippen molar-refractivity contribution in [3.05, 3.63) is 23.0 Å². The van der Waals surface area contributed by atoms with Crippen molar-refractivity contribution in [1.29, 1.82) is 0 Å². The Balaban J connectivity index is 1.72. The first kappa shape index (κ1) is 10.4. The Morgan fingerprint density at radius 3 is 2.88 bits per heavy atom. The summed E-state index contributed by atoms with van der Waals surface area (Å²) in [6, 6.07) is 2.77. The number of nitrogens with one attached hydrogen (secondary N) is 1. The van der Waals surface area contributed by atoms with Gasteiger partial charge in [-0.05, 0) is 49.7 Å². The van der Waals surface area contributed by atoms with Crippen molar-refractivity contribution >= 4 is 17.3 Å². The average Bonchev–Trinajstić information content (AvgIpc) is 2.85. The second kappa shape index (κ2) is 3.92. The highest BCUT2D eigenvalue weighted by Gasteiger charge is 2.39. The standard InChI is InChI=1S/C13H17ClN2/c1-8-4-11(7-15-13(8)14)16-12-6-9-2-3-10(12)5-9/h4,7,9-10,12,16H,2-3,5-6H2,1H3. The molecule has 2 fully saturated rings. The van der Waals surface area contributed by atoms with Crippen LogP contribution in [0.15, 0.2) is 12.3 Å².